The van der Waals surface area contributed by atoms with Crippen LogP contribution in [0.4, 0.5) is 0 Å². The zero-order chi connectivity index (χ0) is 41.2. The highest BCUT2D eigenvalue weighted by Gasteiger charge is 2.27. The molecule has 56 heavy (non-hydrogen) atoms. The molecule has 1 amide bonds. The lowest BCUT2D eigenvalue weighted by atomic mass is 10.0. The molecular formula is C48H91NO6S. The van der Waals surface area contributed by atoms with Gasteiger partial charge in [0.25, 0.3) is 10.1 Å². The Morgan fingerprint density at radius 2 is 0.804 bits per heavy atom. The first kappa shape index (κ1) is 54.5. The van der Waals surface area contributed by atoms with Gasteiger partial charge in [-0.3, -0.25) is 9.35 Å². The van der Waals surface area contributed by atoms with Crippen LogP contribution in [0.25, 0.3) is 0 Å². The summed E-state index contributed by atoms with van der Waals surface area (Å²) in [6, 6.07) is -1.25. The van der Waals surface area contributed by atoms with Crippen molar-refractivity contribution in [1.29, 1.82) is 0 Å². The molecule has 0 aliphatic carbocycles. The third-order valence-electron chi connectivity index (χ3n) is 10.9. The van der Waals surface area contributed by atoms with Crippen molar-refractivity contribution in [3.05, 3.63) is 36.5 Å². The number of unbranched alkanes of at least 4 members (excludes halogenated alkanes) is 30. The third kappa shape index (κ3) is 40.7. The molecule has 0 bridgehead atoms. The highest BCUT2D eigenvalue weighted by atomic mass is 32.2. The van der Waals surface area contributed by atoms with Crippen LogP contribution in [0, 0.1) is 0 Å². The zero-order valence-corrected chi connectivity index (χ0v) is 37.4. The van der Waals surface area contributed by atoms with Crippen molar-refractivity contribution in [3.8, 4) is 0 Å². The van der Waals surface area contributed by atoms with Crippen LogP contribution >= 0.6 is 0 Å². The van der Waals surface area contributed by atoms with Crippen molar-refractivity contribution in [1.82, 2.24) is 5.32 Å². The second-order valence-corrected chi connectivity index (χ2v) is 18.0. The fraction of sp³-hybridized carbons (Fsp3) is 0.854. The molecule has 4 N–H and O–H groups in total. The Hall–Kier alpha value is -1.48. The van der Waals surface area contributed by atoms with Gasteiger partial charge in [0.15, 0.2) is 0 Å². The quantitative estimate of drug-likeness (QED) is 0.0276. The summed E-state index contributed by atoms with van der Waals surface area (Å²) in [7, 11) is -4.46. The first-order valence-electron chi connectivity index (χ1n) is 23.8. The number of hydrogen-bond donors (Lipinski definition) is 4. The molecule has 3 unspecified atom stereocenters. The van der Waals surface area contributed by atoms with Crippen molar-refractivity contribution in [2.45, 2.75) is 257 Å². The van der Waals surface area contributed by atoms with Crippen LogP contribution in [0.15, 0.2) is 36.5 Å². The fourth-order valence-electron chi connectivity index (χ4n) is 7.23. The topological polar surface area (TPSA) is 124 Å². The largest absolute Gasteiger partial charge is 0.387 e. The molecule has 0 aromatic rings. The number of amides is 1. The van der Waals surface area contributed by atoms with Crippen molar-refractivity contribution in [3.63, 3.8) is 0 Å². The van der Waals surface area contributed by atoms with E-state index in [0.717, 1.165) is 38.5 Å². The number of carbonyl (C=O) groups is 1. The highest BCUT2D eigenvalue weighted by molar-refractivity contribution is 7.85. The molecule has 0 fully saturated rings. The second kappa shape index (κ2) is 41.7. The summed E-state index contributed by atoms with van der Waals surface area (Å²) in [5.41, 5.74) is 0. The Morgan fingerprint density at radius 3 is 1.18 bits per heavy atom. The maximum Gasteiger partial charge on any atom is 0.267 e. The number of nitrogens with one attached hydrogen (secondary N) is 1. The predicted molar refractivity (Wildman–Crippen MR) is 241 cm³/mol. The predicted octanol–water partition coefficient (Wildman–Crippen LogP) is 13.4. The van der Waals surface area contributed by atoms with E-state index in [1.807, 2.05) is 0 Å². The number of carbonyl (C=O) groups excluding carboxylic acids is 1. The lowest BCUT2D eigenvalue weighted by Gasteiger charge is -2.22. The van der Waals surface area contributed by atoms with Gasteiger partial charge in [-0.15, -0.1) is 0 Å². The number of aliphatic hydroxyl groups excluding tert-OH is 2. The molecule has 0 aliphatic rings. The number of hydrogen-bond acceptors (Lipinski definition) is 5. The molecule has 0 spiro atoms. The SMILES string of the molecule is CCCCCCCCCC/C=C\CCCCCCCCC(O)C(=O)NC(CS(=O)(=O)O)C(O)/C=C/CC/C=C/CCCCCCCCCCCCCCCCC. The average molecular weight is 810 g/mol. The van der Waals surface area contributed by atoms with Gasteiger partial charge in [-0.2, -0.15) is 8.42 Å². The molecule has 330 valence electrons. The average Bonchev–Trinajstić information content (AvgIpc) is 3.17. The molecule has 0 rings (SSSR count). The van der Waals surface area contributed by atoms with Gasteiger partial charge in [0.05, 0.1) is 17.9 Å². The Balaban J connectivity index is 4.00. The van der Waals surface area contributed by atoms with Crippen molar-refractivity contribution >= 4 is 16.0 Å². The van der Waals surface area contributed by atoms with Crippen LogP contribution < -0.4 is 5.32 Å². The lowest BCUT2D eigenvalue weighted by molar-refractivity contribution is -0.130. The molecule has 0 saturated heterocycles. The summed E-state index contributed by atoms with van der Waals surface area (Å²) in [5.74, 6) is -1.56. The molecule has 8 heteroatoms. The lowest BCUT2D eigenvalue weighted by Crippen LogP contribution is -2.50. The minimum Gasteiger partial charge on any atom is -0.387 e. The number of allylic oxidation sites excluding steroid dienone is 5. The molecule has 0 aromatic carbocycles. The summed E-state index contributed by atoms with van der Waals surface area (Å²) in [4.78, 5) is 12.6. The maximum absolute atomic E-state index is 12.6. The molecule has 0 radical (unpaired) electrons. The van der Waals surface area contributed by atoms with Crippen molar-refractivity contribution in [2.24, 2.45) is 0 Å². The Morgan fingerprint density at radius 1 is 0.482 bits per heavy atom. The van der Waals surface area contributed by atoms with E-state index in [1.54, 1.807) is 6.08 Å². The van der Waals surface area contributed by atoms with E-state index < -0.39 is 40.0 Å². The summed E-state index contributed by atoms with van der Waals surface area (Å²) in [5, 5.41) is 23.5. The van der Waals surface area contributed by atoms with E-state index in [2.05, 4.69) is 43.5 Å². The van der Waals surface area contributed by atoms with Crippen LogP contribution in [-0.2, 0) is 14.9 Å². The van der Waals surface area contributed by atoms with Crippen LogP contribution in [-0.4, -0.2) is 53.1 Å². The van der Waals surface area contributed by atoms with Crippen LogP contribution in [0.3, 0.4) is 0 Å². The van der Waals surface area contributed by atoms with Gasteiger partial charge < -0.3 is 15.5 Å². The fourth-order valence-corrected chi connectivity index (χ4v) is 7.97. The van der Waals surface area contributed by atoms with Gasteiger partial charge >= 0.3 is 0 Å². The Bertz CT molecular complexity index is 1040. The first-order chi connectivity index (χ1) is 27.2. The van der Waals surface area contributed by atoms with E-state index >= 15 is 0 Å². The molecule has 0 saturated carbocycles. The highest BCUT2D eigenvalue weighted by Crippen LogP contribution is 2.15. The number of aliphatic hydroxyl groups is 2. The first-order valence-corrected chi connectivity index (χ1v) is 25.4. The molecule has 7 nitrogen and oxygen atoms in total. The van der Waals surface area contributed by atoms with Gasteiger partial charge in [0.1, 0.15) is 6.10 Å². The van der Waals surface area contributed by atoms with Crippen LogP contribution in [0.5, 0.6) is 0 Å². The second-order valence-electron chi connectivity index (χ2n) is 16.5. The Kier molecular flexibility index (Phi) is 40.6. The van der Waals surface area contributed by atoms with E-state index in [-0.39, 0.29) is 6.42 Å². The van der Waals surface area contributed by atoms with Gasteiger partial charge in [-0.1, -0.05) is 217 Å². The summed E-state index contributed by atoms with van der Waals surface area (Å²) in [6.45, 7) is 4.53. The molecule has 0 aromatic heterocycles. The summed E-state index contributed by atoms with van der Waals surface area (Å²) >= 11 is 0. The van der Waals surface area contributed by atoms with Gasteiger partial charge in [-0.05, 0) is 57.8 Å². The smallest absolute Gasteiger partial charge is 0.267 e. The normalized spacial score (nSPS) is 14.0. The molecule has 0 aliphatic heterocycles. The standard InChI is InChI=1S/C48H91NO6S/c1-3-5-7-9-11-13-15-17-19-21-23-24-25-27-28-30-32-34-36-38-40-42-46(50)45(44-56(53,54)55)49-48(52)47(51)43-41-39-37-35-33-31-29-26-22-20-18-16-14-12-10-8-6-4-2/h22,26,32,34,40,42,45-47,50-51H,3-21,23-25,27-31,33,35-39,41,43-44H2,1-2H3,(H,49,52)(H,53,54,55)/b26-22-,34-32+,42-40+. The van der Waals surface area contributed by atoms with E-state index in [9.17, 15) is 28.0 Å². The monoisotopic (exact) mass is 810 g/mol. The number of rotatable bonds is 43. The van der Waals surface area contributed by atoms with E-state index in [0.29, 0.717) is 12.8 Å². The van der Waals surface area contributed by atoms with Crippen molar-refractivity contribution < 1.29 is 28.0 Å². The van der Waals surface area contributed by atoms with E-state index in [1.165, 1.54) is 173 Å². The third-order valence-corrected chi connectivity index (χ3v) is 11.7. The van der Waals surface area contributed by atoms with E-state index in [4.69, 9.17) is 0 Å². The van der Waals surface area contributed by atoms with Gasteiger partial charge in [0.2, 0.25) is 5.91 Å². The van der Waals surface area contributed by atoms with Crippen LogP contribution in [0.2, 0.25) is 0 Å². The molecule has 0 heterocycles. The van der Waals surface area contributed by atoms with Crippen molar-refractivity contribution in [2.75, 3.05) is 5.75 Å². The van der Waals surface area contributed by atoms with Crippen LogP contribution in [0.1, 0.15) is 239 Å². The Labute approximate surface area is 347 Å². The summed E-state index contributed by atoms with van der Waals surface area (Å²) in [6.07, 6.45) is 52.1. The molecule has 3 atom stereocenters. The van der Waals surface area contributed by atoms with Gasteiger partial charge in [-0.25, -0.2) is 0 Å². The summed E-state index contributed by atoms with van der Waals surface area (Å²) < 4.78 is 32.6. The molecular weight excluding hydrogens is 719 g/mol. The minimum atomic E-state index is -4.46. The van der Waals surface area contributed by atoms with Gasteiger partial charge in [0, 0.05) is 0 Å². The minimum absolute atomic E-state index is 0.267. The zero-order valence-electron chi connectivity index (χ0n) is 36.6. The maximum atomic E-state index is 12.6.